The number of nitrogens with one attached hydrogen (secondary N) is 1. The number of anilines is 2. The minimum Gasteiger partial charge on any atom is -0.454 e. The van der Waals surface area contributed by atoms with E-state index < -0.39 is 15.9 Å². The van der Waals surface area contributed by atoms with Crippen molar-refractivity contribution >= 4 is 38.9 Å². The first-order chi connectivity index (χ1) is 12.8. The van der Waals surface area contributed by atoms with Crippen LogP contribution in [0.25, 0.3) is 0 Å². The van der Waals surface area contributed by atoms with E-state index in [4.69, 9.17) is 21.1 Å². The zero-order valence-corrected chi connectivity index (χ0v) is 16.4. The zero-order chi connectivity index (χ0) is 19.6. The van der Waals surface area contributed by atoms with Crippen LogP contribution in [0.2, 0.25) is 5.02 Å². The highest BCUT2D eigenvalue weighted by Gasteiger charge is 2.26. The molecule has 144 valence electrons. The van der Waals surface area contributed by atoms with Crippen molar-refractivity contribution in [2.24, 2.45) is 0 Å². The molecule has 1 heterocycles. The summed E-state index contributed by atoms with van der Waals surface area (Å²) in [7, 11) is -3.69. The molecule has 0 bridgehead atoms. The van der Waals surface area contributed by atoms with Gasteiger partial charge in [-0.1, -0.05) is 17.7 Å². The summed E-state index contributed by atoms with van der Waals surface area (Å²) in [6.45, 7) is 3.05. The van der Waals surface area contributed by atoms with Gasteiger partial charge in [0.2, 0.25) is 22.7 Å². The van der Waals surface area contributed by atoms with Crippen LogP contribution in [-0.4, -0.2) is 33.4 Å². The minimum atomic E-state index is -3.69. The quantitative estimate of drug-likeness (QED) is 0.790. The van der Waals surface area contributed by atoms with Gasteiger partial charge in [0.05, 0.1) is 11.4 Å². The van der Waals surface area contributed by atoms with Crippen molar-refractivity contribution in [2.45, 2.75) is 13.8 Å². The predicted molar refractivity (Wildman–Crippen MR) is 104 cm³/mol. The number of fused-ring (bicyclic) bond motifs is 1. The highest BCUT2D eigenvalue weighted by atomic mass is 35.5. The summed E-state index contributed by atoms with van der Waals surface area (Å²) in [4.78, 5) is 12.5. The van der Waals surface area contributed by atoms with E-state index in [9.17, 15) is 13.2 Å². The molecular formula is C18H19ClN2O5S. The van der Waals surface area contributed by atoms with Crippen LogP contribution < -0.4 is 19.1 Å². The number of rotatable bonds is 6. The normalized spacial score (nSPS) is 12.7. The first-order valence-corrected chi connectivity index (χ1v) is 10.2. The molecule has 1 amide bonds. The highest BCUT2D eigenvalue weighted by Crippen LogP contribution is 2.36. The first-order valence-electron chi connectivity index (χ1n) is 8.26. The summed E-state index contributed by atoms with van der Waals surface area (Å²) in [5.41, 5.74) is 1.69. The van der Waals surface area contributed by atoms with Gasteiger partial charge in [0, 0.05) is 16.8 Å². The molecule has 0 radical (unpaired) electrons. The lowest BCUT2D eigenvalue weighted by Gasteiger charge is -2.23. The van der Waals surface area contributed by atoms with Gasteiger partial charge in [-0.3, -0.25) is 9.10 Å². The maximum atomic E-state index is 12.6. The Morgan fingerprint density at radius 3 is 2.67 bits per heavy atom. The van der Waals surface area contributed by atoms with E-state index in [2.05, 4.69) is 5.32 Å². The molecule has 0 aliphatic carbocycles. The van der Waals surface area contributed by atoms with E-state index in [1.165, 1.54) is 6.92 Å². The zero-order valence-electron chi connectivity index (χ0n) is 14.9. The lowest BCUT2D eigenvalue weighted by molar-refractivity contribution is -0.114. The van der Waals surface area contributed by atoms with Crippen LogP contribution in [0.4, 0.5) is 11.4 Å². The molecule has 9 heteroatoms. The van der Waals surface area contributed by atoms with Crippen molar-refractivity contribution in [3.05, 3.63) is 47.0 Å². The van der Waals surface area contributed by atoms with Crippen LogP contribution >= 0.6 is 11.6 Å². The summed E-state index contributed by atoms with van der Waals surface area (Å²) in [6.07, 6.45) is 0. The van der Waals surface area contributed by atoms with Gasteiger partial charge < -0.3 is 14.8 Å². The molecule has 7 nitrogen and oxygen atoms in total. The number of benzene rings is 2. The summed E-state index contributed by atoms with van der Waals surface area (Å²) in [5.74, 6) is 0.349. The van der Waals surface area contributed by atoms with Crippen LogP contribution in [0.3, 0.4) is 0 Å². The second kappa shape index (κ2) is 7.66. The molecule has 0 saturated heterocycles. The number of aryl methyl sites for hydroxylation is 1. The molecule has 2 aromatic carbocycles. The van der Waals surface area contributed by atoms with E-state index >= 15 is 0 Å². The van der Waals surface area contributed by atoms with Crippen molar-refractivity contribution in [3.8, 4) is 11.5 Å². The SMILES string of the molecule is CCS(=O)(=O)N(CC(=O)Nc1cc(Cl)ccc1C)c1ccc2c(c1)OCO2. The van der Waals surface area contributed by atoms with Crippen molar-refractivity contribution in [2.75, 3.05) is 28.7 Å². The van der Waals surface area contributed by atoms with Crippen LogP contribution in [0.1, 0.15) is 12.5 Å². The van der Waals surface area contributed by atoms with E-state index in [0.29, 0.717) is 27.9 Å². The number of halogens is 1. The van der Waals surface area contributed by atoms with E-state index in [0.717, 1.165) is 9.87 Å². The maximum Gasteiger partial charge on any atom is 0.245 e. The van der Waals surface area contributed by atoms with Gasteiger partial charge in [0.1, 0.15) is 6.54 Å². The molecule has 3 rings (SSSR count). The van der Waals surface area contributed by atoms with E-state index in [-0.39, 0.29) is 19.1 Å². The smallest absolute Gasteiger partial charge is 0.245 e. The molecular weight excluding hydrogens is 392 g/mol. The van der Waals surface area contributed by atoms with E-state index in [1.54, 1.807) is 36.4 Å². The topological polar surface area (TPSA) is 84.9 Å². The molecule has 0 spiro atoms. The van der Waals surface area contributed by atoms with Crippen molar-refractivity contribution in [3.63, 3.8) is 0 Å². The van der Waals surface area contributed by atoms with Crippen molar-refractivity contribution < 1.29 is 22.7 Å². The fourth-order valence-electron chi connectivity index (χ4n) is 2.60. The van der Waals surface area contributed by atoms with Gasteiger partial charge in [0.15, 0.2) is 11.5 Å². The summed E-state index contributed by atoms with van der Waals surface area (Å²) < 4.78 is 36.7. The Balaban J connectivity index is 1.86. The minimum absolute atomic E-state index is 0.0772. The molecule has 27 heavy (non-hydrogen) atoms. The van der Waals surface area contributed by atoms with Crippen LogP contribution in [0.5, 0.6) is 11.5 Å². The standard InChI is InChI=1S/C18H19ClN2O5S/c1-3-27(23,24)21(14-6-7-16-17(9-14)26-11-25-16)10-18(22)20-15-8-13(19)5-4-12(15)2/h4-9H,3,10-11H2,1-2H3,(H,20,22). The second-order valence-electron chi connectivity index (χ2n) is 5.95. The Bertz CT molecular complexity index is 978. The average molecular weight is 411 g/mol. The highest BCUT2D eigenvalue weighted by molar-refractivity contribution is 7.92. The predicted octanol–water partition coefficient (Wildman–Crippen LogP) is 3.17. The Hall–Kier alpha value is -2.45. The van der Waals surface area contributed by atoms with Crippen LogP contribution in [0.15, 0.2) is 36.4 Å². The molecule has 1 aliphatic rings. The number of nitrogens with zero attached hydrogens (tertiary/aromatic N) is 1. The van der Waals surface area contributed by atoms with Gasteiger partial charge >= 0.3 is 0 Å². The van der Waals surface area contributed by atoms with Gasteiger partial charge in [-0.15, -0.1) is 0 Å². The molecule has 0 saturated carbocycles. The monoisotopic (exact) mass is 410 g/mol. The largest absolute Gasteiger partial charge is 0.454 e. The lowest BCUT2D eigenvalue weighted by Crippen LogP contribution is -2.39. The fraction of sp³-hybridized carbons (Fsp3) is 0.278. The summed E-state index contributed by atoms with van der Waals surface area (Å²) in [6, 6.07) is 9.86. The first kappa shape index (κ1) is 19.3. The number of hydrogen-bond donors (Lipinski definition) is 1. The number of sulfonamides is 1. The number of ether oxygens (including phenoxy) is 2. The van der Waals surface area contributed by atoms with Crippen molar-refractivity contribution in [1.29, 1.82) is 0 Å². The lowest BCUT2D eigenvalue weighted by atomic mass is 10.2. The third kappa shape index (κ3) is 4.28. The number of amides is 1. The molecule has 1 aliphatic heterocycles. The number of hydrogen-bond acceptors (Lipinski definition) is 5. The maximum absolute atomic E-state index is 12.6. The number of carbonyl (C=O) groups is 1. The molecule has 0 atom stereocenters. The Kier molecular flexibility index (Phi) is 5.48. The second-order valence-corrected chi connectivity index (χ2v) is 8.57. The van der Waals surface area contributed by atoms with Gasteiger partial charge in [-0.2, -0.15) is 0 Å². The fourth-order valence-corrected chi connectivity index (χ4v) is 3.83. The molecule has 0 aromatic heterocycles. The van der Waals surface area contributed by atoms with Gasteiger partial charge in [-0.25, -0.2) is 8.42 Å². The Morgan fingerprint density at radius 1 is 1.19 bits per heavy atom. The number of carbonyl (C=O) groups excluding carboxylic acids is 1. The molecule has 0 fully saturated rings. The average Bonchev–Trinajstić information content (AvgIpc) is 3.10. The third-order valence-corrected chi connectivity index (χ3v) is 6.08. The molecule has 1 N–H and O–H groups in total. The summed E-state index contributed by atoms with van der Waals surface area (Å²) >= 11 is 5.97. The van der Waals surface area contributed by atoms with Gasteiger partial charge in [-0.05, 0) is 43.7 Å². The molecule has 0 unspecified atom stereocenters. The van der Waals surface area contributed by atoms with Gasteiger partial charge in [0.25, 0.3) is 0 Å². The Labute approximate surface area is 162 Å². The molecule has 2 aromatic rings. The third-order valence-electron chi connectivity index (χ3n) is 4.11. The van der Waals surface area contributed by atoms with E-state index in [1.807, 2.05) is 6.92 Å². The Morgan fingerprint density at radius 2 is 1.93 bits per heavy atom. The summed E-state index contributed by atoms with van der Waals surface area (Å²) in [5, 5.41) is 3.19. The van der Waals surface area contributed by atoms with Crippen LogP contribution in [0, 0.1) is 6.92 Å². The van der Waals surface area contributed by atoms with Crippen LogP contribution in [-0.2, 0) is 14.8 Å². The van der Waals surface area contributed by atoms with Crippen molar-refractivity contribution in [1.82, 2.24) is 0 Å².